The zero-order valence-corrected chi connectivity index (χ0v) is 14.7. The van der Waals surface area contributed by atoms with Crippen molar-refractivity contribution in [2.24, 2.45) is 0 Å². The molecular formula is C16H20N4O4S. The number of aromatic nitrogens is 2. The molecule has 0 bridgehead atoms. The van der Waals surface area contributed by atoms with Crippen LogP contribution in [0.2, 0.25) is 0 Å². The average Bonchev–Trinajstić information content (AvgIpc) is 2.52. The first-order chi connectivity index (χ1) is 11.8. The van der Waals surface area contributed by atoms with Gasteiger partial charge in [0, 0.05) is 12.6 Å². The normalized spacial score (nSPS) is 11.5. The molecule has 9 heteroatoms. The molecule has 1 heterocycles. The molecule has 0 spiro atoms. The third-order valence-electron chi connectivity index (χ3n) is 3.21. The molecule has 8 nitrogen and oxygen atoms in total. The van der Waals surface area contributed by atoms with Gasteiger partial charge >= 0.3 is 5.97 Å². The second kappa shape index (κ2) is 8.04. The molecule has 0 radical (unpaired) electrons. The number of hydrogen-bond donors (Lipinski definition) is 3. The molecule has 2 rings (SSSR count). The second-order valence-corrected chi connectivity index (χ2v) is 7.50. The van der Waals surface area contributed by atoms with E-state index < -0.39 is 16.0 Å². The lowest BCUT2D eigenvalue weighted by atomic mass is 10.1. The fourth-order valence-electron chi connectivity index (χ4n) is 2.19. The van der Waals surface area contributed by atoms with Gasteiger partial charge in [0.1, 0.15) is 5.82 Å². The van der Waals surface area contributed by atoms with Gasteiger partial charge in [0.25, 0.3) is 0 Å². The van der Waals surface area contributed by atoms with Crippen molar-refractivity contribution in [3.8, 4) is 0 Å². The highest BCUT2D eigenvalue weighted by molar-refractivity contribution is 7.88. The first-order valence-corrected chi connectivity index (χ1v) is 9.28. The number of benzene rings is 1. The van der Waals surface area contributed by atoms with E-state index in [1.165, 1.54) is 6.20 Å². The fraction of sp³-hybridized carbons (Fsp3) is 0.312. The largest absolute Gasteiger partial charge is 0.476 e. The van der Waals surface area contributed by atoms with Gasteiger partial charge in [0.2, 0.25) is 10.0 Å². The number of nitrogens with zero attached hydrogens (tertiary/aromatic N) is 2. The number of carboxylic acids is 1. The third-order valence-corrected chi connectivity index (χ3v) is 4.73. The van der Waals surface area contributed by atoms with E-state index in [1.54, 1.807) is 26.0 Å². The predicted molar refractivity (Wildman–Crippen MR) is 93.7 cm³/mol. The Morgan fingerprint density at radius 1 is 1.16 bits per heavy atom. The van der Waals surface area contributed by atoms with Gasteiger partial charge in [-0.25, -0.2) is 27.9 Å². The van der Waals surface area contributed by atoms with Crippen LogP contribution in [0.1, 0.15) is 35.5 Å². The van der Waals surface area contributed by atoms with Crippen LogP contribution < -0.4 is 10.0 Å². The maximum atomic E-state index is 12.1. The lowest BCUT2D eigenvalue weighted by Gasteiger charge is -2.13. The highest BCUT2D eigenvalue weighted by Crippen LogP contribution is 2.14. The highest BCUT2D eigenvalue weighted by Gasteiger charge is 2.15. The Bertz CT molecular complexity index is 835. The number of hydrogen-bond acceptors (Lipinski definition) is 6. The minimum atomic E-state index is -3.43. The maximum absolute atomic E-state index is 12.1. The van der Waals surface area contributed by atoms with Crippen LogP contribution in [0.25, 0.3) is 0 Å². The van der Waals surface area contributed by atoms with Crippen molar-refractivity contribution in [3.63, 3.8) is 0 Å². The lowest BCUT2D eigenvalue weighted by Crippen LogP contribution is -2.31. The summed E-state index contributed by atoms with van der Waals surface area (Å²) in [5, 5.41) is 11.8. The van der Waals surface area contributed by atoms with Gasteiger partial charge < -0.3 is 10.4 Å². The van der Waals surface area contributed by atoms with Gasteiger partial charge in [-0.15, -0.1) is 0 Å². The molecule has 0 atom stereocenters. The predicted octanol–water partition coefficient (Wildman–Crippen LogP) is 1.61. The molecule has 3 N–H and O–H groups in total. The minimum Gasteiger partial charge on any atom is -0.476 e. The van der Waals surface area contributed by atoms with E-state index in [0.717, 1.165) is 11.8 Å². The summed E-state index contributed by atoms with van der Waals surface area (Å²) in [5.74, 6) is -0.859. The van der Waals surface area contributed by atoms with Gasteiger partial charge in [-0.05, 0) is 25.0 Å². The van der Waals surface area contributed by atoms with Crippen LogP contribution in [0.4, 0.5) is 5.82 Å². The minimum absolute atomic E-state index is 0.118. The fourth-order valence-corrected chi connectivity index (χ4v) is 3.68. The van der Waals surface area contributed by atoms with Crippen molar-refractivity contribution in [1.82, 2.24) is 14.7 Å². The Morgan fingerprint density at radius 3 is 2.40 bits per heavy atom. The maximum Gasteiger partial charge on any atom is 0.356 e. The van der Waals surface area contributed by atoms with Crippen LogP contribution in [0.3, 0.4) is 0 Å². The smallest absolute Gasteiger partial charge is 0.356 e. The van der Waals surface area contributed by atoms with Crippen molar-refractivity contribution in [1.29, 1.82) is 0 Å². The number of carboxylic acid groups (broad SMARTS) is 1. The molecule has 0 amide bonds. The Kier molecular flexibility index (Phi) is 6.05. The van der Waals surface area contributed by atoms with Crippen LogP contribution in [0, 0.1) is 0 Å². The van der Waals surface area contributed by atoms with E-state index in [4.69, 9.17) is 5.11 Å². The van der Waals surface area contributed by atoms with Gasteiger partial charge in [-0.1, -0.05) is 24.3 Å². The van der Waals surface area contributed by atoms with E-state index >= 15 is 0 Å². The molecule has 0 saturated heterocycles. The molecule has 1 aromatic heterocycles. The van der Waals surface area contributed by atoms with Crippen molar-refractivity contribution < 1.29 is 18.3 Å². The molecule has 1 aromatic carbocycles. The van der Waals surface area contributed by atoms with Crippen molar-refractivity contribution in [3.05, 3.63) is 53.5 Å². The van der Waals surface area contributed by atoms with Gasteiger partial charge in [-0.3, -0.25) is 0 Å². The summed E-state index contributed by atoms with van der Waals surface area (Å²) in [6.07, 6.45) is 2.48. The van der Waals surface area contributed by atoms with E-state index in [-0.39, 0.29) is 17.5 Å². The summed E-state index contributed by atoms with van der Waals surface area (Å²) in [7, 11) is -3.43. The molecule has 0 fully saturated rings. The SMILES string of the molecule is CC(C)NS(=O)(=O)Cc1ccccc1CNc1cnc(C(=O)O)cn1. The number of nitrogens with one attached hydrogen (secondary N) is 2. The standard InChI is InChI=1S/C16H20N4O4S/c1-11(2)20-25(23,24)10-13-6-4-3-5-12(13)7-18-15-9-17-14(8-19-15)16(21)22/h3-6,8-9,11,20H,7,10H2,1-2H3,(H,18,19)(H,21,22). The molecule has 25 heavy (non-hydrogen) atoms. The molecular weight excluding hydrogens is 344 g/mol. The summed E-state index contributed by atoms with van der Waals surface area (Å²) in [5.41, 5.74) is 1.34. The summed E-state index contributed by atoms with van der Waals surface area (Å²) < 4.78 is 26.8. The average molecular weight is 364 g/mol. The van der Waals surface area contributed by atoms with Crippen LogP contribution in [-0.4, -0.2) is 35.5 Å². The number of sulfonamides is 1. The molecule has 0 saturated carbocycles. The number of rotatable bonds is 8. The second-order valence-electron chi connectivity index (χ2n) is 5.75. The first-order valence-electron chi connectivity index (χ1n) is 7.63. The summed E-state index contributed by atoms with van der Waals surface area (Å²) in [4.78, 5) is 18.5. The molecule has 0 aliphatic rings. The van der Waals surface area contributed by atoms with E-state index in [0.29, 0.717) is 17.9 Å². The van der Waals surface area contributed by atoms with E-state index in [9.17, 15) is 13.2 Å². The Hall–Kier alpha value is -2.52. The zero-order valence-electron chi connectivity index (χ0n) is 13.9. The van der Waals surface area contributed by atoms with Crippen LogP contribution in [-0.2, 0) is 22.3 Å². The van der Waals surface area contributed by atoms with Crippen molar-refractivity contribution in [2.45, 2.75) is 32.2 Å². The van der Waals surface area contributed by atoms with Crippen molar-refractivity contribution in [2.75, 3.05) is 5.32 Å². The van der Waals surface area contributed by atoms with Crippen LogP contribution >= 0.6 is 0 Å². The zero-order chi connectivity index (χ0) is 18.4. The van der Waals surface area contributed by atoms with Gasteiger partial charge in [-0.2, -0.15) is 0 Å². The van der Waals surface area contributed by atoms with Gasteiger partial charge in [0.05, 0.1) is 18.1 Å². The Balaban J connectivity index is 2.09. The first kappa shape index (κ1) is 18.8. The number of aromatic carboxylic acids is 1. The quantitative estimate of drug-likeness (QED) is 0.650. The van der Waals surface area contributed by atoms with Gasteiger partial charge in [0.15, 0.2) is 5.69 Å². The number of carbonyl (C=O) groups is 1. The lowest BCUT2D eigenvalue weighted by molar-refractivity contribution is 0.0690. The molecule has 134 valence electrons. The molecule has 0 unspecified atom stereocenters. The monoisotopic (exact) mass is 364 g/mol. The summed E-state index contributed by atoms with van der Waals surface area (Å²) >= 11 is 0. The van der Waals surface area contributed by atoms with Crippen molar-refractivity contribution >= 4 is 21.8 Å². The number of anilines is 1. The summed E-state index contributed by atoms with van der Waals surface area (Å²) in [6, 6.07) is 7.02. The van der Waals surface area contributed by atoms with Crippen LogP contribution in [0.15, 0.2) is 36.7 Å². The van der Waals surface area contributed by atoms with E-state index in [1.807, 2.05) is 12.1 Å². The Labute approximate surface area is 146 Å². The molecule has 0 aliphatic carbocycles. The highest BCUT2D eigenvalue weighted by atomic mass is 32.2. The van der Waals surface area contributed by atoms with Crippen LogP contribution in [0.5, 0.6) is 0 Å². The molecule has 2 aromatic rings. The Morgan fingerprint density at radius 2 is 1.84 bits per heavy atom. The topological polar surface area (TPSA) is 121 Å². The molecule has 0 aliphatic heterocycles. The van der Waals surface area contributed by atoms with E-state index in [2.05, 4.69) is 20.0 Å². The summed E-state index contributed by atoms with van der Waals surface area (Å²) in [6.45, 7) is 3.88. The third kappa shape index (κ3) is 5.80.